The molecule has 12 heteroatoms. The number of nitrogens with zero attached hydrogens (tertiary/aromatic N) is 1. The number of ether oxygens (including phenoxy) is 3. The minimum Gasteiger partial charge on any atom is -0.490 e. The number of esters is 1. The minimum absolute atomic E-state index is 0.160. The fraction of sp³-hybridized carbons (Fsp3) is 0.250. The summed E-state index contributed by atoms with van der Waals surface area (Å²) in [6.07, 6.45) is 1.54. The minimum atomic E-state index is -0.582. The topological polar surface area (TPSA) is 111 Å². The summed E-state index contributed by atoms with van der Waals surface area (Å²) in [5.74, 6) is -0.920. The SMILES string of the molecule is CCOc1cc(/C=C2/SC(=O)N(CC(=O)Nc3ccc(C)c(Cl)c3)C2=O)cc(I)c1OCC(=O)OC. The fourth-order valence-corrected chi connectivity index (χ4v) is 4.87. The van der Waals surface area contributed by atoms with Crippen molar-refractivity contribution >= 4 is 80.7 Å². The van der Waals surface area contributed by atoms with E-state index in [4.69, 9.17) is 21.1 Å². The molecule has 2 aromatic carbocycles. The molecule has 1 aliphatic heterocycles. The zero-order valence-corrected chi connectivity index (χ0v) is 23.3. The third-order valence-electron chi connectivity index (χ3n) is 4.82. The summed E-state index contributed by atoms with van der Waals surface area (Å²) in [5.41, 5.74) is 1.90. The average molecular weight is 645 g/mol. The van der Waals surface area contributed by atoms with Gasteiger partial charge >= 0.3 is 5.97 Å². The first-order valence-corrected chi connectivity index (χ1v) is 12.9. The van der Waals surface area contributed by atoms with Crippen LogP contribution in [0.2, 0.25) is 5.02 Å². The van der Waals surface area contributed by atoms with Crippen molar-refractivity contribution in [2.75, 3.05) is 32.2 Å². The summed E-state index contributed by atoms with van der Waals surface area (Å²) < 4.78 is 16.4. The van der Waals surface area contributed by atoms with Crippen molar-refractivity contribution in [2.45, 2.75) is 13.8 Å². The van der Waals surface area contributed by atoms with Gasteiger partial charge in [0, 0.05) is 10.7 Å². The molecule has 9 nitrogen and oxygen atoms in total. The third-order valence-corrected chi connectivity index (χ3v) is 6.94. The van der Waals surface area contributed by atoms with E-state index in [2.05, 4.69) is 10.1 Å². The van der Waals surface area contributed by atoms with Gasteiger partial charge in [-0.3, -0.25) is 19.3 Å². The number of amides is 3. The van der Waals surface area contributed by atoms with Crippen LogP contribution in [0.5, 0.6) is 11.5 Å². The molecule has 1 fully saturated rings. The van der Waals surface area contributed by atoms with E-state index < -0.39 is 29.6 Å². The van der Waals surface area contributed by atoms with Gasteiger partial charge in [0.05, 0.1) is 22.2 Å². The smallest absolute Gasteiger partial charge is 0.343 e. The van der Waals surface area contributed by atoms with Crippen LogP contribution < -0.4 is 14.8 Å². The number of thioether (sulfide) groups is 1. The molecule has 0 radical (unpaired) electrons. The highest BCUT2D eigenvalue weighted by Crippen LogP contribution is 2.37. The molecule has 1 heterocycles. The molecule has 36 heavy (non-hydrogen) atoms. The average Bonchev–Trinajstić information content (AvgIpc) is 3.08. The molecular formula is C24H22ClIN2O7S. The van der Waals surface area contributed by atoms with Gasteiger partial charge in [0.25, 0.3) is 11.1 Å². The number of rotatable bonds is 9. The number of carbonyl (C=O) groups is 4. The first-order chi connectivity index (χ1) is 17.1. The molecule has 0 aliphatic carbocycles. The van der Waals surface area contributed by atoms with Gasteiger partial charge in [0.2, 0.25) is 5.91 Å². The van der Waals surface area contributed by atoms with E-state index in [0.29, 0.717) is 37.9 Å². The highest BCUT2D eigenvalue weighted by Gasteiger charge is 2.36. The van der Waals surface area contributed by atoms with Gasteiger partial charge in [-0.15, -0.1) is 0 Å². The van der Waals surface area contributed by atoms with Crippen molar-refractivity contribution in [2.24, 2.45) is 0 Å². The van der Waals surface area contributed by atoms with Gasteiger partial charge in [-0.2, -0.15) is 0 Å². The number of anilines is 1. The number of carbonyl (C=O) groups excluding carboxylic acids is 4. The molecule has 1 aliphatic rings. The summed E-state index contributed by atoms with van der Waals surface area (Å²) in [6, 6.07) is 8.39. The maximum absolute atomic E-state index is 12.9. The molecule has 2 aromatic rings. The van der Waals surface area contributed by atoms with Crippen LogP contribution in [-0.4, -0.2) is 54.8 Å². The van der Waals surface area contributed by atoms with Crippen LogP contribution >= 0.6 is 46.0 Å². The van der Waals surface area contributed by atoms with Gasteiger partial charge in [-0.25, -0.2) is 4.79 Å². The fourth-order valence-electron chi connectivity index (χ4n) is 3.07. The number of methoxy groups -OCH3 is 1. The zero-order valence-electron chi connectivity index (χ0n) is 19.6. The van der Waals surface area contributed by atoms with Gasteiger partial charge in [0.1, 0.15) is 6.54 Å². The molecule has 0 bridgehead atoms. The van der Waals surface area contributed by atoms with E-state index in [-0.39, 0.29) is 11.5 Å². The van der Waals surface area contributed by atoms with E-state index in [1.807, 2.05) is 29.5 Å². The number of halogens is 2. The maximum Gasteiger partial charge on any atom is 0.343 e. The van der Waals surface area contributed by atoms with Gasteiger partial charge in [0.15, 0.2) is 18.1 Å². The molecule has 190 valence electrons. The molecular weight excluding hydrogens is 623 g/mol. The quantitative estimate of drug-likeness (QED) is 0.234. The van der Waals surface area contributed by atoms with Crippen molar-refractivity contribution in [1.82, 2.24) is 4.90 Å². The second-order valence-electron chi connectivity index (χ2n) is 7.41. The number of benzene rings is 2. The van der Waals surface area contributed by atoms with Crippen molar-refractivity contribution < 1.29 is 33.4 Å². The number of hydrogen-bond donors (Lipinski definition) is 1. The highest BCUT2D eigenvalue weighted by molar-refractivity contribution is 14.1. The van der Waals surface area contributed by atoms with Crippen LogP contribution in [0.25, 0.3) is 6.08 Å². The van der Waals surface area contributed by atoms with Crippen LogP contribution in [0, 0.1) is 10.5 Å². The van der Waals surface area contributed by atoms with Crippen LogP contribution in [0.15, 0.2) is 35.2 Å². The van der Waals surface area contributed by atoms with Crippen molar-refractivity contribution in [3.05, 3.63) is 55.0 Å². The molecule has 0 aromatic heterocycles. The maximum atomic E-state index is 12.9. The van der Waals surface area contributed by atoms with Gasteiger partial charge in [-0.05, 0) is 89.7 Å². The second kappa shape index (κ2) is 12.5. The molecule has 1 saturated heterocycles. The Morgan fingerprint density at radius 1 is 1.19 bits per heavy atom. The lowest BCUT2D eigenvalue weighted by molar-refractivity contribution is -0.143. The van der Waals surface area contributed by atoms with Crippen molar-refractivity contribution in [1.29, 1.82) is 0 Å². The first-order valence-electron chi connectivity index (χ1n) is 10.6. The Kier molecular flexibility index (Phi) is 9.63. The molecule has 0 saturated carbocycles. The Bertz CT molecular complexity index is 1250. The van der Waals surface area contributed by atoms with E-state index in [1.54, 1.807) is 37.3 Å². The Morgan fingerprint density at radius 2 is 1.94 bits per heavy atom. The summed E-state index contributed by atoms with van der Waals surface area (Å²) in [7, 11) is 1.26. The summed E-state index contributed by atoms with van der Waals surface area (Å²) in [4.78, 5) is 50.3. The number of imide groups is 1. The zero-order chi connectivity index (χ0) is 26.4. The van der Waals surface area contributed by atoms with E-state index in [0.717, 1.165) is 22.2 Å². The lowest BCUT2D eigenvalue weighted by atomic mass is 10.2. The largest absolute Gasteiger partial charge is 0.490 e. The van der Waals surface area contributed by atoms with E-state index in [1.165, 1.54) is 13.2 Å². The Balaban J connectivity index is 1.76. The molecule has 0 unspecified atom stereocenters. The lowest BCUT2D eigenvalue weighted by Gasteiger charge is -2.14. The molecule has 0 spiro atoms. The standard InChI is InChI=1S/C24H22ClIN2O7S/c1-4-34-18-8-14(7-17(26)22(18)35-12-21(30)33-3)9-19-23(31)28(24(32)36-19)11-20(29)27-15-6-5-13(2)16(25)10-15/h5-10H,4,11-12H2,1-3H3,(H,27,29)/b19-9+. The number of nitrogens with one attached hydrogen (secondary N) is 1. The lowest BCUT2D eigenvalue weighted by Crippen LogP contribution is -2.36. The van der Waals surface area contributed by atoms with Crippen LogP contribution in [0.1, 0.15) is 18.1 Å². The predicted molar refractivity (Wildman–Crippen MR) is 145 cm³/mol. The molecule has 3 amide bonds. The van der Waals surface area contributed by atoms with Crippen molar-refractivity contribution in [3.63, 3.8) is 0 Å². The number of aryl methyl sites for hydroxylation is 1. The Hall–Kier alpha value is -2.77. The molecule has 3 rings (SSSR count). The molecule has 1 N–H and O–H groups in total. The highest BCUT2D eigenvalue weighted by atomic mass is 127. The van der Waals surface area contributed by atoms with Gasteiger partial charge in [-0.1, -0.05) is 17.7 Å². The Labute approximate surface area is 230 Å². The predicted octanol–water partition coefficient (Wildman–Crippen LogP) is 4.88. The number of hydrogen-bond acceptors (Lipinski definition) is 8. The van der Waals surface area contributed by atoms with Gasteiger partial charge < -0.3 is 19.5 Å². The summed E-state index contributed by atoms with van der Waals surface area (Å²) in [6.45, 7) is 3.25. The normalized spacial score (nSPS) is 14.2. The van der Waals surface area contributed by atoms with E-state index >= 15 is 0 Å². The third kappa shape index (κ3) is 6.92. The molecule has 0 atom stereocenters. The second-order valence-corrected chi connectivity index (χ2v) is 9.97. The monoisotopic (exact) mass is 644 g/mol. The van der Waals surface area contributed by atoms with Crippen LogP contribution in [0.3, 0.4) is 0 Å². The summed E-state index contributed by atoms with van der Waals surface area (Å²) >= 11 is 8.84. The first kappa shape index (κ1) is 27.8. The summed E-state index contributed by atoms with van der Waals surface area (Å²) in [5, 5.41) is 2.58. The van der Waals surface area contributed by atoms with Crippen LogP contribution in [-0.2, 0) is 19.1 Å². The van der Waals surface area contributed by atoms with Crippen LogP contribution in [0.4, 0.5) is 10.5 Å². The Morgan fingerprint density at radius 3 is 2.61 bits per heavy atom. The van der Waals surface area contributed by atoms with E-state index in [9.17, 15) is 19.2 Å². The van der Waals surface area contributed by atoms with Crippen molar-refractivity contribution in [3.8, 4) is 11.5 Å².